The summed E-state index contributed by atoms with van der Waals surface area (Å²) in [4.78, 5) is 32.5. The van der Waals surface area contributed by atoms with E-state index in [9.17, 15) is 14.0 Å². The fourth-order valence-corrected chi connectivity index (χ4v) is 4.51. The molecule has 1 saturated heterocycles. The summed E-state index contributed by atoms with van der Waals surface area (Å²) in [5.41, 5.74) is 1.33. The molecular formula is C25H28FN3O4. The van der Waals surface area contributed by atoms with Crippen molar-refractivity contribution < 1.29 is 23.5 Å². The molecule has 0 aromatic heterocycles. The number of hydrogen-bond donors (Lipinski definition) is 0. The number of amides is 2. The van der Waals surface area contributed by atoms with Gasteiger partial charge in [-0.25, -0.2) is 9.29 Å². The van der Waals surface area contributed by atoms with Crippen LogP contribution in [0.4, 0.5) is 10.1 Å². The number of nitrogens with zero attached hydrogens (tertiary/aromatic N) is 3. The van der Waals surface area contributed by atoms with Crippen molar-refractivity contribution in [2.45, 2.75) is 18.9 Å². The van der Waals surface area contributed by atoms with Gasteiger partial charge in [0.05, 0.1) is 25.5 Å². The van der Waals surface area contributed by atoms with Crippen molar-refractivity contribution in [1.29, 1.82) is 0 Å². The van der Waals surface area contributed by atoms with E-state index in [0.717, 1.165) is 30.8 Å². The molecule has 0 aliphatic carbocycles. The number of anilines is 1. The summed E-state index contributed by atoms with van der Waals surface area (Å²) in [6, 6.07) is 10.8. The highest BCUT2D eigenvalue weighted by Crippen LogP contribution is 2.39. The molecular weight excluding hydrogens is 425 g/mol. The van der Waals surface area contributed by atoms with Gasteiger partial charge in [0.15, 0.2) is 11.5 Å². The number of ether oxygens (including phenoxy) is 2. The largest absolute Gasteiger partial charge is 0.493 e. The first-order valence-corrected chi connectivity index (χ1v) is 10.9. The predicted octanol–water partition coefficient (Wildman–Crippen LogP) is 3.15. The second-order valence-electron chi connectivity index (χ2n) is 8.36. The average molecular weight is 454 g/mol. The molecule has 0 bridgehead atoms. The smallest absolute Gasteiger partial charge is 0.282 e. The molecule has 2 aliphatic heterocycles. The number of piperidine rings is 1. The van der Waals surface area contributed by atoms with E-state index in [2.05, 4.69) is 11.9 Å². The third-order valence-electron chi connectivity index (χ3n) is 6.39. The molecule has 4 rings (SSSR count). The van der Waals surface area contributed by atoms with Gasteiger partial charge >= 0.3 is 0 Å². The van der Waals surface area contributed by atoms with Crippen LogP contribution in [0.15, 0.2) is 48.2 Å². The number of methoxy groups -OCH3 is 2. The molecule has 2 heterocycles. The minimum Gasteiger partial charge on any atom is -0.493 e. The van der Waals surface area contributed by atoms with Crippen LogP contribution in [0.3, 0.4) is 0 Å². The van der Waals surface area contributed by atoms with Crippen LogP contribution in [0.2, 0.25) is 0 Å². The Balaban J connectivity index is 1.83. The van der Waals surface area contributed by atoms with Crippen LogP contribution in [0.5, 0.6) is 11.5 Å². The van der Waals surface area contributed by atoms with Gasteiger partial charge in [-0.05, 0) is 68.9 Å². The van der Waals surface area contributed by atoms with E-state index in [4.69, 9.17) is 9.47 Å². The molecule has 0 radical (unpaired) electrons. The lowest BCUT2D eigenvalue weighted by atomic mass is 10.00. The maximum absolute atomic E-state index is 14.0. The van der Waals surface area contributed by atoms with Crippen LogP contribution >= 0.6 is 0 Å². The van der Waals surface area contributed by atoms with Crippen LogP contribution in [-0.2, 0) is 9.59 Å². The quantitative estimate of drug-likeness (QED) is 0.627. The molecule has 2 aliphatic rings. The molecule has 0 spiro atoms. The molecule has 33 heavy (non-hydrogen) atoms. The Hall–Kier alpha value is -3.39. The maximum atomic E-state index is 14.0. The zero-order chi connectivity index (χ0) is 23.7. The number of likely N-dealkylation sites (tertiary alicyclic amines) is 1. The molecule has 2 aromatic rings. The Kier molecular flexibility index (Phi) is 6.37. The average Bonchev–Trinajstić information content (AvgIpc) is 3.08. The summed E-state index contributed by atoms with van der Waals surface area (Å²) >= 11 is 0. The first-order chi connectivity index (χ1) is 15.8. The second-order valence-corrected chi connectivity index (χ2v) is 8.36. The van der Waals surface area contributed by atoms with Crippen LogP contribution in [0.25, 0.3) is 5.57 Å². The van der Waals surface area contributed by atoms with E-state index in [0.29, 0.717) is 22.8 Å². The van der Waals surface area contributed by atoms with E-state index >= 15 is 0 Å². The fraction of sp³-hybridized carbons (Fsp3) is 0.360. The Bertz CT molecular complexity index is 1110. The van der Waals surface area contributed by atoms with Gasteiger partial charge < -0.3 is 19.3 Å². The number of hydrogen-bond acceptors (Lipinski definition) is 6. The Morgan fingerprint density at radius 1 is 0.970 bits per heavy atom. The van der Waals surface area contributed by atoms with Crippen molar-refractivity contribution >= 4 is 23.1 Å². The fourth-order valence-electron chi connectivity index (χ4n) is 4.51. The van der Waals surface area contributed by atoms with Gasteiger partial charge in [0.25, 0.3) is 11.8 Å². The number of rotatable bonds is 6. The molecule has 0 saturated carbocycles. The summed E-state index contributed by atoms with van der Waals surface area (Å²) in [6.45, 7) is 1.81. The van der Waals surface area contributed by atoms with Crippen molar-refractivity contribution in [2.24, 2.45) is 0 Å². The van der Waals surface area contributed by atoms with E-state index < -0.39 is 17.6 Å². The molecule has 0 atom stereocenters. The molecule has 174 valence electrons. The molecule has 0 unspecified atom stereocenters. The zero-order valence-electron chi connectivity index (χ0n) is 19.3. The van der Waals surface area contributed by atoms with Crippen LogP contribution in [-0.4, -0.2) is 69.1 Å². The van der Waals surface area contributed by atoms with Gasteiger partial charge in [-0.15, -0.1) is 0 Å². The Morgan fingerprint density at radius 2 is 1.67 bits per heavy atom. The first kappa shape index (κ1) is 22.8. The van der Waals surface area contributed by atoms with Crippen molar-refractivity contribution in [3.05, 3.63) is 59.5 Å². The lowest BCUT2D eigenvalue weighted by molar-refractivity contribution is -0.120. The number of carbonyl (C=O) groups is 2. The molecule has 2 aromatic carbocycles. The normalized spacial score (nSPS) is 17.7. The minimum atomic E-state index is -0.516. The monoisotopic (exact) mass is 453 g/mol. The Morgan fingerprint density at radius 3 is 2.30 bits per heavy atom. The Labute approximate surface area is 193 Å². The third kappa shape index (κ3) is 4.18. The number of carbonyl (C=O) groups excluding carboxylic acids is 2. The topological polar surface area (TPSA) is 62.3 Å². The number of imide groups is 1. The molecule has 7 nitrogen and oxygen atoms in total. The lowest BCUT2D eigenvalue weighted by Crippen LogP contribution is -2.43. The van der Waals surface area contributed by atoms with Crippen molar-refractivity contribution in [3.8, 4) is 11.5 Å². The summed E-state index contributed by atoms with van der Waals surface area (Å²) in [6.07, 6.45) is 1.74. The van der Waals surface area contributed by atoms with Crippen molar-refractivity contribution in [1.82, 2.24) is 9.80 Å². The van der Waals surface area contributed by atoms with Gasteiger partial charge in [-0.1, -0.05) is 12.1 Å². The SMILES string of the molecule is COc1ccc(C2=C(N(C)C3CCN(C)CC3)C(=O)N(c3cccc(F)c3)C2=O)cc1OC. The number of halogens is 1. The highest BCUT2D eigenvalue weighted by atomic mass is 19.1. The molecule has 2 amide bonds. The lowest BCUT2D eigenvalue weighted by Gasteiger charge is -2.36. The van der Waals surface area contributed by atoms with Gasteiger partial charge in [0.2, 0.25) is 0 Å². The van der Waals surface area contributed by atoms with E-state index in [1.807, 2.05) is 11.9 Å². The van der Waals surface area contributed by atoms with Crippen molar-refractivity contribution in [3.63, 3.8) is 0 Å². The van der Waals surface area contributed by atoms with Gasteiger partial charge in [0, 0.05) is 13.1 Å². The first-order valence-electron chi connectivity index (χ1n) is 10.9. The molecule has 1 fully saturated rings. The predicted molar refractivity (Wildman–Crippen MR) is 124 cm³/mol. The van der Waals surface area contributed by atoms with Gasteiger partial charge in [-0.2, -0.15) is 0 Å². The third-order valence-corrected chi connectivity index (χ3v) is 6.39. The van der Waals surface area contributed by atoms with E-state index in [-0.39, 0.29) is 17.3 Å². The second kappa shape index (κ2) is 9.23. The maximum Gasteiger partial charge on any atom is 0.282 e. The van der Waals surface area contributed by atoms with Crippen LogP contribution in [0.1, 0.15) is 18.4 Å². The minimum absolute atomic E-state index is 0.107. The van der Waals surface area contributed by atoms with Crippen LogP contribution in [0, 0.1) is 5.82 Å². The number of benzene rings is 2. The van der Waals surface area contributed by atoms with Crippen molar-refractivity contribution in [2.75, 3.05) is 46.3 Å². The molecule has 0 N–H and O–H groups in total. The standard InChI is InChI=1S/C25H28FN3O4/c1-27-12-10-18(11-13-27)28(2)23-22(16-8-9-20(32-3)21(14-16)33-4)24(30)29(25(23)31)19-7-5-6-17(26)15-19/h5-9,14-15,18H,10-13H2,1-4H3. The summed E-state index contributed by atoms with van der Waals surface area (Å²) < 4.78 is 24.7. The highest BCUT2D eigenvalue weighted by molar-refractivity contribution is 6.45. The summed E-state index contributed by atoms with van der Waals surface area (Å²) in [7, 11) is 6.97. The molecule has 8 heteroatoms. The summed E-state index contributed by atoms with van der Waals surface area (Å²) in [5.74, 6) is -0.499. The highest BCUT2D eigenvalue weighted by Gasteiger charge is 2.43. The van der Waals surface area contributed by atoms with E-state index in [1.54, 1.807) is 24.3 Å². The van der Waals surface area contributed by atoms with Gasteiger partial charge in [-0.3, -0.25) is 9.59 Å². The van der Waals surface area contributed by atoms with E-state index in [1.165, 1.54) is 32.4 Å². The number of likely N-dealkylation sites (N-methyl/N-ethyl adjacent to an activating group) is 1. The van der Waals surface area contributed by atoms with Crippen LogP contribution < -0.4 is 14.4 Å². The summed E-state index contributed by atoms with van der Waals surface area (Å²) in [5, 5.41) is 0. The zero-order valence-corrected chi connectivity index (χ0v) is 19.3. The van der Waals surface area contributed by atoms with Gasteiger partial charge in [0.1, 0.15) is 11.5 Å².